The molecule has 1 aromatic heterocycles. The van der Waals surface area contributed by atoms with Crippen LogP contribution in [0.25, 0.3) is 23.1 Å². The van der Waals surface area contributed by atoms with Crippen LogP contribution in [0.4, 0.5) is 10.1 Å². The topological polar surface area (TPSA) is 40.7 Å². The second-order valence-electron chi connectivity index (χ2n) is 6.06. The van der Waals surface area contributed by atoms with Crippen molar-refractivity contribution in [2.75, 3.05) is 5.32 Å². The zero-order valence-corrected chi connectivity index (χ0v) is 14.1. The summed E-state index contributed by atoms with van der Waals surface area (Å²) in [5, 5.41) is 11.7. The number of anilines is 1. The number of nitrogens with zero attached hydrogens (tertiary/aromatic N) is 1. The van der Waals surface area contributed by atoms with Crippen LogP contribution in [0.1, 0.15) is 16.8 Å². The standard InChI is InChI=1S/C22H18FN3/c23-20-9-5-4-8-17(20)15-24-18-11-13-22-19(14-18)21(25-26-22)12-10-16-6-2-1-3-7-16/h1-14,24H,15H2,(H,25,26)/b12-10+. The van der Waals surface area contributed by atoms with Gasteiger partial charge in [-0.05, 0) is 35.9 Å². The van der Waals surface area contributed by atoms with Gasteiger partial charge in [0.05, 0.1) is 11.2 Å². The molecule has 1 heterocycles. The largest absolute Gasteiger partial charge is 0.381 e. The first-order valence-corrected chi connectivity index (χ1v) is 8.48. The average Bonchev–Trinajstić information content (AvgIpc) is 3.09. The first kappa shape index (κ1) is 16.1. The van der Waals surface area contributed by atoms with Crippen molar-refractivity contribution in [3.8, 4) is 0 Å². The zero-order valence-electron chi connectivity index (χ0n) is 14.1. The lowest BCUT2D eigenvalue weighted by molar-refractivity contribution is 0.613. The van der Waals surface area contributed by atoms with Crippen molar-refractivity contribution in [1.29, 1.82) is 0 Å². The van der Waals surface area contributed by atoms with E-state index in [0.717, 1.165) is 27.8 Å². The van der Waals surface area contributed by atoms with Gasteiger partial charge in [0.1, 0.15) is 5.82 Å². The highest BCUT2D eigenvalue weighted by molar-refractivity contribution is 5.91. The number of benzene rings is 3. The molecule has 0 aliphatic carbocycles. The van der Waals surface area contributed by atoms with E-state index in [2.05, 4.69) is 15.5 Å². The van der Waals surface area contributed by atoms with Crippen LogP contribution < -0.4 is 5.32 Å². The quantitative estimate of drug-likeness (QED) is 0.503. The smallest absolute Gasteiger partial charge is 0.128 e. The second kappa shape index (κ2) is 7.23. The van der Waals surface area contributed by atoms with Crippen LogP contribution in [-0.2, 0) is 6.54 Å². The Morgan fingerprint density at radius 2 is 1.73 bits per heavy atom. The van der Waals surface area contributed by atoms with Gasteiger partial charge in [0.25, 0.3) is 0 Å². The molecule has 0 fully saturated rings. The number of halogens is 1. The number of hydrogen-bond acceptors (Lipinski definition) is 2. The number of rotatable bonds is 5. The monoisotopic (exact) mass is 343 g/mol. The van der Waals surface area contributed by atoms with Gasteiger partial charge >= 0.3 is 0 Å². The third kappa shape index (κ3) is 3.49. The Bertz CT molecular complexity index is 1050. The first-order chi connectivity index (χ1) is 12.8. The molecular formula is C22H18FN3. The molecule has 0 spiro atoms. The Hall–Kier alpha value is -3.40. The maximum Gasteiger partial charge on any atom is 0.128 e. The van der Waals surface area contributed by atoms with Crippen LogP contribution in [0, 0.1) is 5.82 Å². The van der Waals surface area contributed by atoms with E-state index in [0.29, 0.717) is 12.1 Å². The third-order valence-electron chi connectivity index (χ3n) is 4.27. The molecule has 0 radical (unpaired) electrons. The SMILES string of the molecule is Fc1ccccc1CNc1ccc2[nH]nc(/C=C/c3ccccc3)c2c1. The molecule has 3 aromatic carbocycles. The van der Waals surface area contributed by atoms with Gasteiger partial charge in [-0.1, -0.05) is 54.6 Å². The normalized spacial score (nSPS) is 11.3. The number of fused-ring (bicyclic) bond motifs is 1. The van der Waals surface area contributed by atoms with Crippen molar-refractivity contribution in [2.24, 2.45) is 0 Å². The molecule has 0 amide bonds. The van der Waals surface area contributed by atoms with Crippen molar-refractivity contribution in [2.45, 2.75) is 6.54 Å². The molecule has 4 aromatic rings. The molecule has 2 N–H and O–H groups in total. The minimum atomic E-state index is -0.198. The fourth-order valence-electron chi connectivity index (χ4n) is 2.85. The van der Waals surface area contributed by atoms with E-state index in [1.54, 1.807) is 12.1 Å². The molecule has 0 saturated carbocycles. The van der Waals surface area contributed by atoms with Crippen molar-refractivity contribution in [3.63, 3.8) is 0 Å². The zero-order chi connectivity index (χ0) is 17.8. The highest BCUT2D eigenvalue weighted by atomic mass is 19.1. The van der Waals surface area contributed by atoms with Crippen LogP contribution in [-0.4, -0.2) is 10.2 Å². The predicted octanol–water partition coefficient (Wildman–Crippen LogP) is 5.48. The minimum Gasteiger partial charge on any atom is -0.381 e. The minimum absolute atomic E-state index is 0.198. The fraction of sp³-hybridized carbons (Fsp3) is 0.0455. The van der Waals surface area contributed by atoms with E-state index < -0.39 is 0 Å². The molecule has 26 heavy (non-hydrogen) atoms. The van der Waals surface area contributed by atoms with Crippen molar-refractivity contribution in [1.82, 2.24) is 10.2 Å². The number of hydrogen-bond donors (Lipinski definition) is 2. The van der Waals surface area contributed by atoms with Crippen LogP contribution in [0.2, 0.25) is 0 Å². The summed E-state index contributed by atoms with van der Waals surface area (Å²) in [6.45, 7) is 0.436. The number of aromatic amines is 1. The van der Waals surface area contributed by atoms with E-state index in [1.807, 2.05) is 66.7 Å². The summed E-state index contributed by atoms with van der Waals surface area (Å²) in [4.78, 5) is 0. The first-order valence-electron chi connectivity index (χ1n) is 8.48. The molecule has 0 atom stereocenters. The summed E-state index contributed by atoms with van der Waals surface area (Å²) in [7, 11) is 0. The van der Waals surface area contributed by atoms with Gasteiger partial charge in [0.15, 0.2) is 0 Å². The van der Waals surface area contributed by atoms with Crippen molar-refractivity contribution >= 4 is 28.7 Å². The van der Waals surface area contributed by atoms with Gasteiger partial charge in [0.2, 0.25) is 0 Å². The molecule has 4 rings (SSSR count). The lowest BCUT2D eigenvalue weighted by atomic mass is 10.1. The van der Waals surface area contributed by atoms with Crippen molar-refractivity contribution in [3.05, 3.63) is 95.4 Å². The molecular weight excluding hydrogens is 325 g/mol. The molecule has 0 unspecified atom stereocenters. The van der Waals surface area contributed by atoms with Crippen LogP contribution in [0.5, 0.6) is 0 Å². The number of aromatic nitrogens is 2. The van der Waals surface area contributed by atoms with Gasteiger partial charge in [0, 0.05) is 23.2 Å². The summed E-state index contributed by atoms with van der Waals surface area (Å²) in [6.07, 6.45) is 4.03. The third-order valence-corrected chi connectivity index (χ3v) is 4.27. The van der Waals surface area contributed by atoms with E-state index >= 15 is 0 Å². The molecule has 128 valence electrons. The number of nitrogens with one attached hydrogen (secondary N) is 2. The molecule has 0 saturated heterocycles. The maximum atomic E-state index is 13.8. The van der Waals surface area contributed by atoms with Gasteiger partial charge < -0.3 is 5.32 Å². The fourth-order valence-corrected chi connectivity index (χ4v) is 2.85. The predicted molar refractivity (Wildman–Crippen MR) is 105 cm³/mol. The molecule has 0 aliphatic rings. The Morgan fingerprint density at radius 1 is 0.923 bits per heavy atom. The van der Waals surface area contributed by atoms with E-state index in [4.69, 9.17) is 0 Å². The Balaban J connectivity index is 1.56. The molecule has 4 heteroatoms. The van der Waals surface area contributed by atoms with Crippen LogP contribution >= 0.6 is 0 Å². The summed E-state index contributed by atoms with van der Waals surface area (Å²) < 4.78 is 13.8. The van der Waals surface area contributed by atoms with Gasteiger partial charge in [-0.25, -0.2) is 4.39 Å². The summed E-state index contributed by atoms with van der Waals surface area (Å²) in [6, 6.07) is 22.9. The second-order valence-corrected chi connectivity index (χ2v) is 6.06. The lowest BCUT2D eigenvalue weighted by Gasteiger charge is -2.07. The average molecular weight is 343 g/mol. The van der Waals surface area contributed by atoms with Gasteiger partial charge in [-0.3, -0.25) is 5.10 Å². The number of H-pyrrole nitrogens is 1. The van der Waals surface area contributed by atoms with E-state index in [1.165, 1.54) is 6.07 Å². The Labute approximate surface area is 151 Å². The highest BCUT2D eigenvalue weighted by Crippen LogP contribution is 2.23. The maximum absolute atomic E-state index is 13.8. The van der Waals surface area contributed by atoms with Gasteiger partial charge in [-0.2, -0.15) is 5.10 Å². The molecule has 0 aliphatic heterocycles. The summed E-state index contributed by atoms with van der Waals surface area (Å²) >= 11 is 0. The van der Waals surface area contributed by atoms with Gasteiger partial charge in [-0.15, -0.1) is 0 Å². The van der Waals surface area contributed by atoms with E-state index in [-0.39, 0.29) is 5.82 Å². The Kier molecular flexibility index (Phi) is 4.48. The van der Waals surface area contributed by atoms with Crippen molar-refractivity contribution < 1.29 is 4.39 Å². The lowest BCUT2D eigenvalue weighted by Crippen LogP contribution is -2.01. The van der Waals surface area contributed by atoms with E-state index in [9.17, 15) is 4.39 Å². The highest BCUT2D eigenvalue weighted by Gasteiger charge is 2.05. The van der Waals surface area contributed by atoms with Crippen LogP contribution in [0.3, 0.4) is 0 Å². The summed E-state index contributed by atoms with van der Waals surface area (Å²) in [5.41, 5.74) is 4.53. The molecule has 0 bridgehead atoms. The molecule has 3 nitrogen and oxygen atoms in total. The summed E-state index contributed by atoms with van der Waals surface area (Å²) in [5.74, 6) is -0.198. The van der Waals surface area contributed by atoms with Crippen LogP contribution in [0.15, 0.2) is 72.8 Å². The Morgan fingerprint density at radius 3 is 2.58 bits per heavy atom.